The highest BCUT2D eigenvalue weighted by molar-refractivity contribution is 5.55. The van der Waals surface area contributed by atoms with Gasteiger partial charge in [-0.25, -0.2) is 0 Å². The third-order valence-corrected chi connectivity index (χ3v) is 3.05. The smallest absolute Gasteiger partial charge is 0.279 e. The molecule has 1 fully saturated rings. The second-order valence-corrected chi connectivity index (χ2v) is 4.20. The third kappa shape index (κ3) is 1.96. The first kappa shape index (κ1) is 11.5. The van der Waals surface area contributed by atoms with Crippen LogP contribution in [0.4, 0.5) is 11.4 Å². The number of nitrogens with zero attached hydrogens (tertiary/aromatic N) is 2. The molecule has 7 heteroatoms. The van der Waals surface area contributed by atoms with Gasteiger partial charge in [0.15, 0.2) is 0 Å². The average molecular weight is 237 g/mol. The fourth-order valence-electron chi connectivity index (χ4n) is 1.96. The van der Waals surface area contributed by atoms with Crippen LogP contribution in [-0.4, -0.2) is 15.9 Å². The number of hydrogen-bond acceptors (Lipinski definition) is 5. The molecule has 0 heterocycles. The van der Waals surface area contributed by atoms with Gasteiger partial charge in [0.05, 0.1) is 15.9 Å². The normalized spacial score (nSPS) is 22.2. The Labute approximate surface area is 96.5 Å². The first-order chi connectivity index (χ1) is 7.91. The minimum Gasteiger partial charge on any atom is -0.327 e. The molecule has 1 aromatic rings. The fourth-order valence-corrected chi connectivity index (χ4v) is 1.96. The lowest BCUT2D eigenvalue weighted by Gasteiger charge is -2.05. The highest BCUT2D eigenvalue weighted by atomic mass is 16.6. The monoisotopic (exact) mass is 237 g/mol. The Kier molecular flexibility index (Phi) is 2.55. The number of nitrogens with two attached hydrogens (primary N) is 1. The quantitative estimate of drug-likeness (QED) is 0.634. The molecule has 1 aliphatic carbocycles. The molecular formula is C10H11N3O4. The maximum absolute atomic E-state index is 10.8. The standard InChI is InChI=1S/C10H11N3O4/c1-5-7(8-4-9(8)11)2-6(12(14)15)3-10(5)13(16)17/h2-3,8-9H,4,11H2,1H3/t8-,9+/m0/s1. The summed E-state index contributed by atoms with van der Waals surface area (Å²) in [7, 11) is 0. The average Bonchev–Trinajstić information content (AvgIpc) is 2.94. The van der Waals surface area contributed by atoms with Gasteiger partial charge in [0.2, 0.25) is 0 Å². The van der Waals surface area contributed by atoms with Gasteiger partial charge >= 0.3 is 0 Å². The lowest BCUT2D eigenvalue weighted by Crippen LogP contribution is -2.04. The Bertz CT molecular complexity index is 515. The predicted octanol–water partition coefficient (Wildman–Crippen LogP) is 1.63. The summed E-state index contributed by atoms with van der Waals surface area (Å²) in [4.78, 5) is 20.3. The van der Waals surface area contributed by atoms with Crippen LogP contribution < -0.4 is 5.73 Å². The molecule has 0 radical (unpaired) electrons. The van der Waals surface area contributed by atoms with E-state index in [1.165, 1.54) is 6.07 Å². The number of rotatable bonds is 3. The Balaban J connectivity index is 2.57. The van der Waals surface area contributed by atoms with E-state index in [9.17, 15) is 20.2 Å². The minimum atomic E-state index is -0.621. The van der Waals surface area contributed by atoms with Crippen molar-refractivity contribution in [1.82, 2.24) is 0 Å². The molecule has 7 nitrogen and oxygen atoms in total. The number of nitro groups is 2. The van der Waals surface area contributed by atoms with Crippen molar-refractivity contribution in [3.05, 3.63) is 43.5 Å². The van der Waals surface area contributed by atoms with E-state index in [1.54, 1.807) is 6.92 Å². The molecule has 0 saturated heterocycles. The summed E-state index contributed by atoms with van der Waals surface area (Å²) in [5.41, 5.74) is 6.31. The summed E-state index contributed by atoms with van der Waals surface area (Å²) in [6, 6.07) is 2.34. The van der Waals surface area contributed by atoms with Gasteiger partial charge in [-0.3, -0.25) is 20.2 Å². The van der Waals surface area contributed by atoms with E-state index in [2.05, 4.69) is 0 Å². The van der Waals surface area contributed by atoms with E-state index in [1.807, 2.05) is 0 Å². The summed E-state index contributed by atoms with van der Waals surface area (Å²) in [6.07, 6.45) is 0.721. The second-order valence-electron chi connectivity index (χ2n) is 4.20. The van der Waals surface area contributed by atoms with Crippen LogP contribution in [0.3, 0.4) is 0 Å². The molecule has 0 spiro atoms. The number of hydrogen-bond donors (Lipinski definition) is 1. The van der Waals surface area contributed by atoms with E-state index in [0.717, 1.165) is 12.5 Å². The van der Waals surface area contributed by atoms with Crippen molar-refractivity contribution in [1.29, 1.82) is 0 Å². The fraction of sp³-hybridized carbons (Fsp3) is 0.400. The van der Waals surface area contributed by atoms with Crippen molar-refractivity contribution in [2.75, 3.05) is 0 Å². The maximum Gasteiger partial charge on any atom is 0.279 e. The summed E-state index contributed by atoms with van der Waals surface area (Å²) in [6.45, 7) is 1.60. The van der Waals surface area contributed by atoms with Crippen LogP contribution in [0, 0.1) is 27.2 Å². The topological polar surface area (TPSA) is 112 Å². The predicted molar refractivity (Wildman–Crippen MR) is 59.8 cm³/mol. The number of benzene rings is 1. The molecular weight excluding hydrogens is 226 g/mol. The zero-order valence-corrected chi connectivity index (χ0v) is 9.12. The van der Waals surface area contributed by atoms with Gasteiger partial charge in [0.1, 0.15) is 0 Å². The van der Waals surface area contributed by atoms with Gasteiger partial charge in [0.25, 0.3) is 11.4 Å². The van der Waals surface area contributed by atoms with E-state index >= 15 is 0 Å². The highest BCUT2D eigenvalue weighted by Gasteiger charge is 2.38. The number of nitro benzene ring substituents is 2. The highest BCUT2D eigenvalue weighted by Crippen LogP contribution is 2.44. The van der Waals surface area contributed by atoms with Gasteiger partial charge in [0, 0.05) is 23.6 Å². The molecule has 17 heavy (non-hydrogen) atoms. The van der Waals surface area contributed by atoms with Crippen LogP contribution in [-0.2, 0) is 0 Å². The summed E-state index contributed by atoms with van der Waals surface area (Å²) < 4.78 is 0. The van der Waals surface area contributed by atoms with Crippen molar-refractivity contribution in [2.24, 2.45) is 5.73 Å². The van der Waals surface area contributed by atoms with Gasteiger partial charge in [-0.2, -0.15) is 0 Å². The Morgan fingerprint density at radius 3 is 2.29 bits per heavy atom. The minimum absolute atomic E-state index is 0.00796. The first-order valence-corrected chi connectivity index (χ1v) is 5.10. The molecule has 1 aliphatic rings. The third-order valence-electron chi connectivity index (χ3n) is 3.05. The van der Waals surface area contributed by atoms with Crippen molar-refractivity contribution in [2.45, 2.75) is 25.3 Å². The zero-order chi connectivity index (χ0) is 12.7. The maximum atomic E-state index is 10.8. The molecule has 2 atom stereocenters. The molecule has 0 amide bonds. The molecule has 1 saturated carbocycles. The summed E-state index contributed by atoms with van der Waals surface area (Å²) >= 11 is 0. The van der Waals surface area contributed by atoms with E-state index < -0.39 is 9.85 Å². The molecule has 0 bridgehead atoms. The summed E-state index contributed by atoms with van der Waals surface area (Å²) in [5.74, 6) is 0.00796. The first-order valence-electron chi connectivity index (χ1n) is 5.10. The van der Waals surface area contributed by atoms with Crippen molar-refractivity contribution in [3.8, 4) is 0 Å². The van der Waals surface area contributed by atoms with E-state index in [-0.39, 0.29) is 23.3 Å². The zero-order valence-electron chi connectivity index (χ0n) is 9.12. The Morgan fingerprint density at radius 2 is 1.88 bits per heavy atom. The lowest BCUT2D eigenvalue weighted by atomic mass is 10.0. The van der Waals surface area contributed by atoms with E-state index in [4.69, 9.17) is 5.73 Å². The Morgan fingerprint density at radius 1 is 1.29 bits per heavy atom. The SMILES string of the molecule is Cc1c([C@@H]2C[C@H]2N)cc([N+](=O)[O-])cc1[N+](=O)[O-]. The summed E-state index contributed by atoms with van der Waals surface area (Å²) in [5, 5.41) is 21.5. The van der Waals surface area contributed by atoms with Crippen LogP contribution in [0.15, 0.2) is 12.1 Å². The molecule has 1 aromatic carbocycles. The molecule has 0 unspecified atom stereocenters. The Hall–Kier alpha value is -2.02. The molecule has 0 aliphatic heterocycles. The van der Waals surface area contributed by atoms with Crippen LogP contribution in [0.1, 0.15) is 23.5 Å². The van der Waals surface area contributed by atoms with Crippen LogP contribution in [0.2, 0.25) is 0 Å². The molecule has 90 valence electrons. The number of non-ortho nitro benzene ring substituents is 1. The van der Waals surface area contributed by atoms with Crippen LogP contribution in [0.25, 0.3) is 0 Å². The molecule has 2 rings (SSSR count). The van der Waals surface area contributed by atoms with Crippen molar-refractivity contribution < 1.29 is 9.85 Å². The van der Waals surface area contributed by atoms with Crippen LogP contribution >= 0.6 is 0 Å². The largest absolute Gasteiger partial charge is 0.327 e. The van der Waals surface area contributed by atoms with Gasteiger partial charge in [-0.1, -0.05) is 0 Å². The van der Waals surface area contributed by atoms with Crippen molar-refractivity contribution in [3.63, 3.8) is 0 Å². The second kappa shape index (κ2) is 3.77. The molecule has 0 aromatic heterocycles. The van der Waals surface area contributed by atoms with Gasteiger partial charge in [-0.15, -0.1) is 0 Å². The van der Waals surface area contributed by atoms with E-state index in [0.29, 0.717) is 11.1 Å². The van der Waals surface area contributed by atoms with Gasteiger partial charge < -0.3 is 5.73 Å². The van der Waals surface area contributed by atoms with Crippen molar-refractivity contribution >= 4 is 11.4 Å². The van der Waals surface area contributed by atoms with Gasteiger partial charge in [-0.05, 0) is 18.9 Å². The lowest BCUT2D eigenvalue weighted by molar-refractivity contribution is -0.394. The van der Waals surface area contributed by atoms with Crippen LogP contribution in [0.5, 0.6) is 0 Å². The molecule has 2 N–H and O–H groups in total.